The molecule has 0 atom stereocenters. The van der Waals surface area contributed by atoms with Crippen molar-refractivity contribution in [3.05, 3.63) is 0 Å². The zero-order valence-corrected chi connectivity index (χ0v) is 31.2. The van der Waals surface area contributed by atoms with Gasteiger partial charge in [-0.1, -0.05) is 125 Å². The van der Waals surface area contributed by atoms with E-state index >= 15 is 0 Å². The van der Waals surface area contributed by atoms with E-state index < -0.39 is 0 Å². The van der Waals surface area contributed by atoms with E-state index in [-0.39, 0.29) is 22.0 Å². The van der Waals surface area contributed by atoms with E-state index in [1.807, 2.05) is 53.3 Å². The van der Waals surface area contributed by atoms with Crippen LogP contribution in [-0.4, -0.2) is 26.5 Å². The first-order chi connectivity index (χ1) is 15.3. The minimum absolute atomic E-state index is 0.0156. The quantitative estimate of drug-likeness (QED) is 0.302. The van der Waals surface area contributed by atoms with Crippen LogP contribution in [0.1, 0.15) is 173 Å². The molecule has 0 saturated carbocycles. The van der Waals surface area contributed by atoms with Crippen molar-refractivity contribution in [2.24, 2.45) is 21.7 Å². The van der Waals surface area contributed by atoms with Crippen molar-refractivity contribution in [3.63, 3.8) is 0 Å². The van der Waals surface area contributed by atoms with Gasteiger partial charge in [-0.05, 0) is 58.8 Å². The Hall–Kier alpha value is -0.0200. The molecule has 0 unspecified atom stereocenters. The lowest BCUT2D eigenvalue weighted by Crippen LogP contribution is -2.32. The standard InChI is InChI=1S/C9H18O.C9H20.C8H18O.C8H18S/c1-8(2,3)7(10)9(4,5)6;1-8(2,3)7-9(4,5)6;2*1-7(2,3)9-8(4,5)6/h1-6H3;7H2,1-6H3;2*1-6H3. The summed E-state index contributed by atoms with van der Waals surface area (Å²) in [6.07, 6.45) is 1.29. The third-order valence-electron chi connectivity index (χ3n) is 3.65. The van der Waals surface area contributed by atoms with Crippen LogP contribution in [0.15, 0.2) is 0 Å². The smallest absolute Gasteiger partial charge is 0.143 e. The first-order valence-electron chi connectivity index (χ1n) is 14.2. The minimum Gasteiger partial charge on any atom is -0.370 e. The SMILES string of the molecule is CC(C)(C)C(=O)C(C)(C)C.CC(C)(C)CC(C)(C)C.CC(C)(C)OC(C)(C)C.CC(C)(C)SC(C)(C)C. The summed E-state index contributed by atoms with van der Waals surface area (Å²) >= 11 is 2.01. The molecule has 0 radical (unpaired) electrons. The first kappa shape index (κ1) is 44.0. The highest BCUT2D eigenvalue weighted by Crippen LogP contribution is 2.35. The topological polar surface area (TPSA) is 26.3 Å². The van der Waals surface area contributed by atoms with E-state index in [0.29, 0.717) is 26.1 Å². The molecular formula is C34H74O2S. The Morgan fingerprint density at radius 2 is 0.676 bits per heavy atom. The molecule has 0 amide bonds. The number of carbonyl (C=O) groups excluding carboxylic acids is 1. The predicted molar refractivity (Wildman–Crippen MR) is 175 cm³/mol. The van der Waals surface area contributed by atoms with E-state index in [2.05, 4.69) is 125 Å². The fourth-order valence-corrected chi connectivity index (χ4v) is 6.39. The monoisotopic (exact) mass is 547 g/mol. The summed E-state index contributed by atoms with van der Waals surface area (Å²) in [6.45, 7) is 51.4. The summed E-state index contributed by atoms with van der Waals surface area (Å²) in [7, 11) is 0. The van der Waals surface area contributed by atoms with E-state index in [1.54, 1.807) is 0 Å². The van der Waals surface area contributed by atoms with Gasteiger partial charge in [-0.15, -0.1) is 0 Å². The van der Waals surface area contributed by atoms with Crippen LogP contribution in [0.4, 0.5) is 0 Å². The number of carbonyl (C=O) groups is 1. The Morgan fingerprint density at radius 1 is 0.459 bits per heavy atom. The Labute approximate surface area is 241 Å². The third kappa shape index (κ3) is 46.2. The van der Waals surface area contributed by atoms with Crippen LogP contribution in [0.2, 0.25) is 0 Å². The second-order valence-electron chi connectivity index (χ2n) is 18.8. The third-order valence-corrected chi connectivity index (χ3v) is 4.87. The molecule has 37 heavy (non-hydrogen) atoms. The van der Waals surface area contributed by atoms with Crippen LogP contribution < -0.4 is 0 Å². The Morgan fingerprint density at radius 3 is 0.676 bits per heavy atom. The number of ether oxygens (including phenoxy) is 1. The molecule has 2 nitrogen and oxygen atoms in total. The number of rotatable bonds is 0. The fraction of sp³-hybridized carbons (Fsp3) is 0.971. The van der Waals surface area contributed by atoms with Crippen molar-refractivity contribution < 1.29 is 9.53 Å². The van der Waals surface area contributed by atoms with Crippen LogP contribution in [0.3, 0.4) is 0 Å². The second kappa shape index (κ2) is 15.1. The Kier molecular flexibility index (Phi) is 18.0. The largest absolute Gasteiger partial charge is 0.370 e. The molecule has 0 heterocycles. The maximum absolute atomic E-state index is 11.5. The van der Waals surface area contributed by atoms with E-state index in [9.17, 15) is 4.79 Å². The summed E-state index contributed by atoms with van der Waals surface area (Å²) in [5.74, 6) is 0.319. The molecule has 0 N–H and O–H groups in total. The highest BCUT2D eigenvalue weighted by Gasteiger charge is 2.31. The van der Waals surface area contributed by atoms with E-state index in [1.165, 1.54) is 6.42 Å². The lowest BCUT2D eigenvalue weighted by atomic mass is 9.76. The van der Waals surface area contributed by atoms with Gasteiger partial charge in [-0.3, -0.25) is 4.79 Å². The average molecular weight is 547 g/mol. The molecule has 0 rings (SSSR count). The van der Waals surface area contributed by atoms with E-state index in [4.69, 9.17) is 4.74 Å². The van der Waals surface area contributed by atoms with Gasteiger partial charge in [0.05, 0.1) is 11.2 Å². The number of thioether (sulfide) groups is 1. The molecule has 0 aromatic carbocycles. The maximum atomic E-state index is 11.5. The van der Waals surface area contributed by atoms with Crippen LogP contribution in [0, 0.1) is 21.7 Å². The Bertz CT molecular complexity index is 489. The molecule has 0 saturated heterocycles. The van der Waals surface area contributed by atoms with Gasteiger partial charge in [0.25, 0.3) is 0 Å². The van der Waals surface area contributed by atoms with E-state index in [0.717, 1.165) is 0 Å². The Balaban J connectivity index is -0.000000196. The summed E-state index contributed by atoms with van der Waals surface area (Å²) in [6, 6.07) is 0. The number of hydrogen-bond donors (Lipinski definition) is 0. The lowest BCUT2D eigenvalue weighted by molar-refractivity contribution is -0.134. The van der Waals surface area contributed by atoms with Gasteiger partial charge in [0, 0.05) is 20.3 Å². The highest BCUT2D eigenvalue weighted by atomic mass is 32.2. The molecular weight excluding hydrogens is 472 g/mol. The normalized spacial score (nSPS) is 13.8. The maximum Gasteiger partial charge on any atom is 0.143 e. The molecule has 0 aromatic heterocycles. The molecule has 0 fully saturated rings. The lowest BCUT2D eigenvalue weighted by Gasteiger charge is -2.30. The van der Waals surface area contributed by atoms with Crippen molar-refractivity contribution in [2.45, 2.75) is 193 Å². The van der Waals surface area contributed by atoms with Crippen LogP contribution in [-0.2, 0) is 9.53 Å². The number of ketones is 1. The average Bonchev–Trinajstić information content (AvgIpc) is 2.33. The van der Waals surface area contributed by atoms with Gasteiger partial charge in [0.15, 0.2) is 0 Å². The van der Waals surface area contributed by atoms with Crippen molar-refractivity contribution in [2.75, 3.05) is 0 Å². The van der Waals surface area contributed by atoms with Gasteiger partial charge in [0.2, 0.25) is 0 Å². The van der Waals surface area contributed by atoms with Gasteiger partial charge in [-0.25, -0.2) is 0 Å². The summed E-state index contributed by atoms with van der Waals surface area (Å²) < 4.78 is 6.43. The molecule has 0 aliphatic rings. The molecule has 0 aromatic rings. The van der Waals surface area contributed by atoms with Gasteiger partial charge in [0.1, 0.15) is 5.78 Å². The van der Waals surface area contributed by atoms with Crippen molar-refractivity contribution in [1.29, 1.82) is 0 Å². The molecule has 228 valence electrons. The van der Waals surface area contributed by atoms with Gasteiger partial charge >= 0.3 is 0 Å². The van der Waals surface area contributed by atoms with Crippen LogP contribution >= 0.6 is 11.8 Å². The van der Waals surface area contributed by atoms with Gasteiger partial charge < -0.3 is 4.74 Å². The van der Waals surface area contributed by atoms with Gasteiger partial charge in [-0.2, -0.15) is 11.8 Å². The highest BCUT2D eigenvalue weighted by molar-refractivity contribution is 8.01. The first-order valence-corrected chi connectivity index (χ1v) is 15.0. The fourth-order valence-electron chi connectivity index (χ4n) is 4.55. The van der Waals surface area contributed by atoms with Crippen LogP contribution in [0.5, 0.6) is 0 Å². The van der Waals surface area contributed by atoms with Crippen LogP contribution in [0.25, 0.3) is 0 Å². The second-order valence-corrected chi connectivity index (χ2v) is 21.4. The molecule has 0 aliphatic heterocycles. The minimum atomic E-state index is -0.196. The van der Waals surface area contributed by atoms with Crippen molar-refractivity contribution in [3.8, 4) is 0 Å². The summed E-state index contributed by atoms with van der Waals surface area (Å²) in [5, 5.41) is 0. The predicted octanol–water partition coefficient (Wildman–Crippen LogP) is 12.0. The number of Topliss-reactive ketones (excluding diaryl/α,β-unsaturated/α-hetero) is 1. The van der Waals surface area contributed by atoms with Crippen molar-refractivity contribution in [1.82, 2.24) is 0 Å². The number of hydrogen-bond acceptors (Lipinski definition) is 3. The molecule has 0 spiro atoms. The zero-order chi connectivity index (χ0) is 31.7. The molecule has 0 aliphatic carbocycles. The zero-order valence-electron chi connectivity index (χ0n) is 30.4. The summed E-state index contributed by atoms with van der Waals surface area (Å²) in [5.41, 5.74) is 0.545. The molecule has 3 heteroatoms. The van der Waals surface area contributed by atoms with Crippen molar-refractivity contribution >= 4 is 17.5 Å². The molecule has 0 bridgehead atoms. The summed E-state index contributed by atoms with van der Waals surface area (Å²) in [4.78, 5) is 11.5.